The Bertz CT molecular complexity index is 2000. The molecule has 0 spiro atoms. The molecular weight excluding hydrogens is 743 g/mol. The van der Waals surface area contributed by atoms with Crippen LogP contribution in [-0.4, -0.2) is 76.6 Å². The van der Waals surface area contributed by atoms with Gasteiger partial charge in [0, 0.05) is 43.5 Å². The smallest absolute Gasteiger partial charge is 0.422 e. The van der Waals surface area contributed by atoms with Crippen molar-refractivity contribution >= 4 is 52.6 Å². The third-order valence-electron chi connectivity index (χ3n) is 7.67. The largest absolute Gasteiger partial charge is 0.492 e. The fraction of sp³-hybridized carbons (Fsp3) is 0.314. The van der Waals surface area contributed by atoms with Crippen LogP contribution in [0.4, 0.5) is 45.2 Å². The predicted molar refractivity (Wildman–Crippen MR) is 188 cm³/mol. The minimum Gasteiger partial charge on any atom is -0.492 e. The SMILES string of the molecule is CC1(C)CNC(=O)c2ccc(cc2)Nc2nc(nc(OCC(F)(F)F)n2)NCc2ccc(c(Cl)c2)OCCCN(C(=O)C(=O)Nc2ccc(F)cc2F)C1. The molecular formula is C35H34ClF5N8O5. The molecule has 0 unspecified atom stereocenters. The summed E-state index contributed by atoms with van der Waals surface area (Å²) in [6, 6.07) is 12.8. The van der Waals surface area contributed by atoms with Crippen molar-refractivity contribution in [3.05, 3.63) is 88.4 Å². The Morgan fingerprint density at radius 1 is 1.00 bits per heavy atom. The van der Waals surface area contributed by atoms with Crippen LogP contribution in [0.5, 0.6) is 11.8 Å². The third kappa shape index (κ3) is 11.4. The van der Waals surface area contributed by atoms with E-state index in [4.69, 9.17) is 21.1 Å². The number of nitrogens with one attached hydrogen (secondary N) is 4. The molecule has 1 aromatic heterocycles. The van der Waals surface area contributed by atoms with Gasteiger partial charge in [-0.05, 0) is 65.9 Å². The van der Waals surface area contributed by atoms with E-state index in [9.17, 15) is 36.3 Å². The van der Waals surface area contributed by atoms with E-state index in [1.54, 1.807) is 32.0 Å². The normalized spacial score (nSPS) is 15.2. The van der Waals surface area contributed by atoms with Gasteiger partial charge in [-0.3, -0.25) is 14.4 Å². The molecule has 6 bridgehead atoms. The average molecular weight is 777 g/mol. The monoisotopic (exact) mass is 776 g/mol. The second kappa shape index (κ2) is 16.9. The average Bonchev–Trinajstić information content (AvgIpc) is 3.11. The number of benzene rings is 3. The number of hydrogen-bond acceptors (Lipinski definition) is 10. The van der Waals surface area contributed by atoms with Crippen molar-refractivity contribution in [1.29, 1.82) is 0 Å². The Morgan fingerprint density at radius 3 is 2.44 bits per heavy atom. The summed E-state index contributed by atoms with van der Waals surface area (Å²) >= 11 is 6.47. The maximum atomic E-state index is 14.3. The maximum Gasteiger partial charge on any atom is 0.422 e. The molecule has 54 heavy (non-hydrogen) atoms. The van der Waals surface area contributed by atoms with Gasteiger partial charge < -0.3 is 35.6 Å². The quantitative estimate of drug-likeness (QED) is 0.141. The molecule has 19 heteroatoms. The van der Waals surface area contributed by atoms with Gasteiger partial charge in [-0.15, -0.1) is 0 Å². The van der Waals surface area contributed by atoms with E-state index in [2.05, 4.69) is 36.2 Å². The Balaban J connectivity index is 1.38. The minimum absolute atomic E-state index is 0.0145. The molecule has 0 saturated carbocycles. The molecule has 4 N–H and O–H groups in total. The lowest BCUT2D eigenvalue weighted by atomic mass is 9.92. The molecule has 3 aromatic carbocycles. The van der Waals surface area contributed by atoms with Gasteiger partial charge in [0.2, 0.25) is 11.9 Å². The molecule has 0 aliphatic carbocycles. The minimum atomic E-state index is -4.64. The van der Waals surface area contributed by atoms with Crippen LogP contribution in [0.15, 0.2) is 60.7 Å². The van der Waals surface area contributed by atoms with E-state index < -0.39 is 53.6 Å². The molecule has 8 rings (SSSR count). The Hall–Kier alpha value is -5.78. The number of carbonyl (C=O) groups is 3. The predicted octanol–water partition coefficient (Wildman–Crippen LogP) is 6.11. The zero-order chi connectivity index (χ0) is 39.0. The Labute approximate surface area is 310 Å². The van der Waals surface area contributed by atoms with E-state index in [0.717, 1.165) is 12.1 Å². The van der Waals surface area contributed by atoms with Crippen molar-refractivity contribution in [2.75, 3.05) is 48.8 Å². The summed E-state index contributed by atoms with van der Waals surface area (Å²) in [6.07, 6.45) is -4.41. The first-order valence-electron chi connectivity index (χ1n) is 16.3. The number of aromatic nitrogens is 3. The van der Waals surface area contributed by atoms with E-state index >= 15 is 0 Å². The summed E-state index contributed by atoms with van der Waals surface area (Å²) < 4.78 is 76.9. The van der Waals surface area contributed by atoms with Gasteiger partial charge in [0.1, 0.15) is 17.4 Å². The molecule has 4 aliphatic heterocycles. The molecule has 3 amide bonds. The molecule has 5 heterocycles. The molecule has 4 aliphatic rings. The number of amides is 3. The van der Waals surface area contributed by atoms with Crippen LogP contribution in [0.1, 0.15) is 36.2 Å². The molecule has 0 radical (unpaired) electrons. The van der Waals surface area contributed by atoms with Gasteiger partial charge in [-0.25, -0.2) is 8.78 Å². The summed E-state index contributed by atoms with van der Waals surface area (Å²) in [7, 11) is 0. The first-order chi connectivity index (χ1) is 25.5. The molecule has 0 atom stereocenters. The first kappa shape index (κ1) is 39.4. The highest BCUT2D eigenvalue weighted by Crippen LogP contribution is 2.27. The molecule has 4 aromatic rings. The molecule has 0 fully saturated rings. The van der Waals surface area contributed by atoms with Crippen LogP contribution in [0.25, 0.3) is 0 Å². The van der Waals surface area contributed by atoms with Gasteiger partial charge in [0.25, 0.3) is 5.91 Å². The number of rotatable bonds is 3. The lowest BCUT2D eigenvalue weighted by Crippen LogP contribution is -2.48. The van der Waals surface area contributed by atoms with Crippen molar-refractivity contribution in [2.24, 2.45) is 5.41 Å². The zero-order valence-electron chi connectivity index (χ0n) is 28.8. The molecule has 286 valence electrons. The van der Waals surface area contributed by atoms with Crippen LogP contribution < -0.4 is 30.7 Å². The highest BCUT2D eigenvalue weighted by atomic mass is 35.5. The number of nitrogens with zero attached hydrogens (tertiary/aromatic N) is 4. The number of ether oxygens (including phenoxy) is 2. The van der Waals surface area contributed by atoms with Crippen LogP contribution in [0.3, 0.4) is 0 Å². The lowest BCUT2D eigenvalue weighted by molar-refractivity contribution is -0.154. The number of halogens is 6. The third-order valence-corrected chi connectivity index (χ3v) is 7.96. The summed E-state index contributed by atoms with van der Waals surface area (Å²) in [4.78, 5) is 52.8. The summed E-state index contributed by atoms with van der Waals surface area (Å²) in [6.45, 7) is 2.12. The van der Waals surface area contributed by atoms with Gasteiger partial charge in [0.05, 0.1) is 17.3 Å². The number of carbonyl (C=O) groups excluding carboxylic acids is 3. The second-order valence-corrected chi connectivity index (χ2v) is 13.3. The molecule has 13 nitrogen and oxygen atoms in total. The molecule has 0 saturated heterocycles. The summed E-state index contributed by atoms with van der Waals surface area (Å²) in [5, 5.41) is 11.0. The number of hydrogen-bond donors (Lipinski definition) is 4. The van der Waals surface area contributed by atoms with Gasteiger partial charge in [-0.1, -0.05) is 31.5 Å². The summed E-state index contributed by atoms with van der Waals surface area (Å²) in [5.41, 5.74) is 0.106. The lowest BCUT2D eigenvalue weighted by Gasteiger charge is -2.32. The van der Waals surface area contributed by atoms with E-state index in [1.807, 2.05) is 0 Å². The standard InChI is InChI=1S/C35H34ClF5N8O5/c1-34(2)17-43-28(50)21-5-8-23(9-6-21)44-32-46-31(47-33(48-32)54-19-35(39,40)41)42-16-20-4-11-27(24(36)14-20)53-13-3-12-49(18-34)30(52)29(51)45-26-10-7-22(37)15-25(26)38/h4-11,14-15H,3,12-13,16-19H2,1-2H3,(H,43,50)(H,45,51)(H2,42,44,46,47,48). The van der Waals surface area contributed by atoms with Crippen molar-refractivity contribution in [3.63, 3.8) is 0 Å². The van der Waals surface area contributed by atoms with E-state index in [0.29, 0.717) is 23.1 Å². The first-order valence-corrected chi connectivity index (χ1v) is 16.7. The van der Waals surface area contributed by atoms with Crippen molar-refractivity contribution in [3.8, 4) is 11.8 Å². The van der Waals surface area contributed by atoms with Crippen molar-refractivity contribution < 1.29 is 45.8 Å². The van der Waals surface area contributed by atoms with Crippen LogP contribution in [0.2, 0.25) is 5.02 Å². The maximum absolute atomic E-state index is 14.3. The highest BCUT2D eigenvalue weighted by Gasteiger charge is 2.31. The number of anilines is 4. The Morgan fingerprint density at radius 2 is 1.74 bits per heavy atom. The highest BCUT2D eigenvalue weighted by molar-refractivity contribution is 6.39. The van der Waals surface area contributed by atoms with Crippen LogP contribution >= 0.6 is 11.6 Å². The van der Waals surface area contributed by atoms with Gasteiger partial charge in [0.15, 0.2) is 6.61 Å². The zero-order valence-corrected chi connectivity index (χ0v) is 29.6. The summed E-state index contributed by atoms with van der Waals surface area (Å²) in [5.74, 6) is -4.45. The van der Waals surface area contributed by atoms with Crippen molar-refractivity contribution in [1.82, 2.24) is 25.2 Å². The second-order valence-electron chi connectivity index (χ2n) is 12.8. The van der Waals surface area contributed by atoms with Gasteiger partial charge in [-0.2, -0.15) is 28.1 Å². The number of alkyl halides is 3. The van der Waals surface area contributed by atoms with Crippen LogP contribution in [0, 0.1) is 17.0 Å². The van der Waals surface area contributed by atoms with Gasteiger partial charge >= 0.3 is 24.0 Å². The fourth-order valence-corrected chi connectivity index (χ4v) is 5.34. The van der Waals surface area contributed by atoms with Crippen molar-refractivity contribution in [2.45, 2.75) is 33.0 Å². The Kier molecular flexibility index (Phi) is 12.4. The fourth-order valence-electron chi connectivity index (χ4n) is 5.08. The van der Waals surface area contributed by atoms with Crippen LogP contribution in [-0.2, 0) is 16.1 Å². The van der Waals surface area contributed by atoms with E-state index in [-0.39, 0.29) is 67.4 Å². The topological polar surface area (TPSA) is 160 Å². The van der Waals surface area contributed by atoms with E-state index in [1.165, 1.54) is 29.2 Å².